The van der Waals surface area contributed by atoms with Crippen molar-refractivity contribution < 1.29 is 0 Å². The second kappa shape index (κ2) is 5.41. The third kappa shape index (κ3) is 3.10. The quantitative estimate of drug-likeness (QED) is 0.692. The fourth-order valence-electron chi connectivity index (χ4n) is 0.929. The molecule has 0 aromatic heterocycles. The first kappa shape index (κ1) is 10.8. The van der Waals surface area contributed by atoms with E-state index in [0.29, 0.717) is 0 Å². The van der Waals surface area contributed by atoms with Gasteiger partial charge in [-0.3, -0.25) is 0 Å². The van der Waals surface area contributed by atoms with Crippen LogP contribution in [0.2, 0.25) is 0 Å². The number of rotatable bonds is 2. The Morgan fingerprint density at radius 1 is 1.73 bits per heavy atom. The van der Waals surface area contributed by atoms with Crippen LogP contribution >= 0.6 is 24.0 Å². The lowest BCUT2D eigenvalue weighted by Crippen LogP contribution is -2.18. The number of nitrogens with zero attached hydrogens (tertiary/aromatic N) is 1. The molecule has 0 spiro atoms. The molecule has 1 aliphatic rings. The Kier molecular flexibility index (Phi) is 5.28. The van der Waals surface area contributed by atoms with Crippen LogP contribution in [0.1, 0.15) is 6.92 Å². The molecule has 2 heteroatoms. The van der Waals surface area contributed by atoms with Gasteiger partial charge >= 0.3 is 0 Å². The Morgan fingerprint density at radius 2 is 2.45 bits per heavy atom. The lowest BCUT2D eigenvalue weighted by atomic mass is 10.2. The topological polar surface area (TPSA) is 3.24 Å². The summed E-state index contributed by atoms with van der Waals surface area (Å²) >= 11 is 0. The molecule has 1 aliphatic heterocycles. The normalized spacial score (nSPS) is 15.4. The van der Waals surface area contributed by atoms with E-state index in [2.05, 4.69) is 36.8 Å². The molecule has 0 N–H and O–H groups in total. The first-order chi connectivity index (χ1) is 4.86. The van der Waals surface area contributed by atoms with E-state index in [9.17, 15) is 0 Å². The predicted molar refractivity (Wildman–Crippen MR) is 60.1 cm³/mol. The second-order valence-corrected chi connectivity index (χ2v) is 2.31. The smallest absolute Gasteiger partial charge is 0.0362 e. The van der Waals surface area contributed by atoms with Crippen LogP contribution in [0.4, 0.5) is 0 Å². The van der Waals surface area contributed by atoms with Crippen molar-refractivity contribution >= 4 is 24.0 Å². The van der Waals surface area contributed by atoms with Gasteiger partial charge in [-0.15, -0.1) is 24.0 Å². The molecule has 0 aromatic rings. The average molecular weight is 263 g/mol. The van der Waals surface area contributed by atoms with E-state index in [0.717, 1.165) is 13.1 Å². The third-order valence-corrected chi connectivity index (χ3v) is 1.68. The van der Waals surface area contributed by atoms with Crippen molar-refractivity contribution in [1.29, 1.82) is 0 Å². The fourth-order valence-corrected chi connectivity index (χ4v) is 0.929. The molecule has 11 heavy (non-hydrogen) atoms. The van der Waals surface area contributed by atoms with Gasteiger partial charge in [0.2, 0.25) is 0 Å². The van der Waals surface area contributed by atoms with E-state index in [1.807, 2.05) is 6.08 Å². The highest BCUT2D eigenvalue weighted by Crippen LogP contribution is 2.06. The van der Waals surface area contributed by atoms with Gasteiger partial charge in [-0.05, 0) is 24.8 Å². The largest absolute Gasteiger partial charge is 0.374 e. The summed E-state index contributed by atoms with van der Waals surface area (Å²) in [5.74, 6) is 0. The summed E-state index contributed by atoms with van der Waals surface area (Å²) in [6.45, 7) is 7.95. The van der Waals surface area contributed by atoms with Crippen LogP contribution in [0, 0.1) is 0 Å². The van der Waals surface area contributed by atoms with Gasteiger partial charge in [0.25, 0.3) is 0 Å². The van der Waals surface area contributed by atoms with Crippen molar-refractivity contribution in [3.05, 3.63) is 36.6 Å². The van der Waals surface area contributed by atoms with E-state index < -0.39 is 0 Å². The molecule has 0 saturated carbocycles. The molecule has 0 amide bonds. The minimum atomic E-state index is 0. The highest BCUT2D eigenvalue weighted by molar-refractivity contribution is 14.0. The molecular formula is C9H14IN. The third-order valence-electron chi connectivity index (χ3n) is 1.68. The van der Waals surface area contributed by atoms with Gasteiger partial charge in [-0.25, -0.2) is 0 Å². The molecular weight excluding hydrogens is 249 g/mol. The Morgan fingerprint density at radius 3 is 2.82 bits per heavy atom. The van der Waals surface area contributed by atoms with Crippen molar-refractivity contribution in [3.63, 3.8) is 0 Å². The van der Waals surface area contributed by atoms with E-state index >= 15 is 0 Å². The van der Waals surface area contributed by atoms with Crippen molar-refractivity contribution in [3.8, 4) is 0 Å². The van der Waals surface area contributed by atoms with Gasteiger partial charge in [0, 0.05) is 13.1 Å². The number of hydrogen-bond acceptors (Lipinski definition) is 1. The lowest BCUT2D eigenvalue weighted by molar-refractivity contribution is 0.434. The maximum atomic E-state index is 3.70. The van der Waals surface area contributed by atoms with E-state index in [1.165, 1.54) is 5.57 Å². The monoisotopic (exact) mass is 263 g/mol. The minimum absolute atomic E-state index is 0. The SMILES string of the molecule is C=CC1=CCN(CC)C=C1.I. The Labute approximate surface area is 85.5 Å². The van der Waals surface area contributed by atoms with Crippen LogP contribution in [0.15, 0.2) is 36.6 Å². The zero-order chi connectivity index (χ0) is 7.40. The summed E-state index contributed by atoms with van der Waals surface area (Å²) < 4.78 is 0. The average Bonchev–Trinajstić information content (AvgIpc) is 2.05. The van der Waals surface area contributed by atoms with E-state index in [1.54, 1.807) is 0 Å². The highest BCUT2D eigenvalue weighted by atomic mass is 127. The summed E-state index contributed by atoms with van der Waals surface area (Å²) in [5.41, 5.74) is 1.23. The molecule has 1 heterocycles. The van der Waals surface area contributed by atoms with Gasteiger partial charge in [-0.1, -0.05) is 18.7 Å². The molecule has 0 radical (unpaired) electrons. The predicted octanol–water partition coefficient (Wildman–Crippen LogP) is 2.57. The van der Waals surface area contributed by atoms with Crippen LogP contribution in [0.5, 0.6) is 0 Å². The maximum Gasteiger partial charge on any atom is 0.0362 e. The second-order valence-electron chi connectivity index (χ2n) is 2.31. The molecule has 0 bridgehead atoms. The van der Waals surface area contributed by atoms with Crippen molar-refractivity contribution in [2.24, 2.45) is 0 Å². The number of hydrogen-bond donors (Lipinski definition) is 0. The van der Waals surface area contributed by atoms with Gasteiger partial charge in [0.1, 0.15) is 0 Å². The van der Waals surface area contributed by atoms with Crippen molar-refractivity contribution in [1.82, 2.24) is 4.90 Å². The van der Waals surface area contributed by atoms with E-state index in [-0.39, 0.29) is 24.0 Å². The Hall–Kier alpha value is -0.250. The minimum Gasteiger partial charge on any atom is -0.374 e. The maximum absolute atomic E-state index is 3.70. The zero-order valence-corrected chi connectivity index (χ0v) is 9.12. The zero-order valence-electron chi connectivity index (χ0n) is 6.79. The fraction of sp³-hybridized carbons (Fsp3) is 0.333. The first-order valence-corrected chi connectivity index (χ1v) is 3.61. The molecule has 0 unspecified atom stereocenters. The summed E-state index contributed by atoms with van der Waals surface area (Å²) in [5, 5.41) is 0. The molecule has 1 nitrogen and oxygen atoms in total. The van der Waals surface area contributed by atoms with Crippen molar-refractivity contribution in [2.75, 3.05) is 13.1 Å². The van der Waals surface area contributed by atoms with Crippen LogP contribution in [0.25, 0.3) is 0 Å². The Bertz CT molecular complexity index is 182. The van der Waals surface area contributed by atoms with Crippen LogP contribution in [0.3, 0.4) is 0 Å². The number of halogens is 1. The number of allylic oxidation sites excluding steroid dienone is 3. The molecule has 0 saturated heterocycles. The highest BCUT2D eigenvalue weighted by Gasteiger charge is 1.97. The standard InChI is InChI=1S/C9H13N.HI/c1-3-9-5-7-10(4-2)8-6-9;/h3,5-7H,1,4,8H2,2H3;1H. The lowest BCUT2D eigenvalue weighted by Gasteiger charge is -2.19. The summed E-state index contributed by atoms with van der Waals surface area (Å²) in [4.78, 5) is 2.24. The first-order valence-electron chi connectivity index (χ1n) is 3.61. The van der Waals surface area contributed by atoms with E-state index in [4.69, 9.17) is 0 Å². The molecule has 0 aliphatic carbocycles. The molecule has 0 atom stereocenters. The van der Waals surface area contributed by atoms with Gasteiger partial charge in [-0.2, -0.15) is 0 Å². The summed E-state index contributed by atoms with van der Waals surface area (Å²) in [6, 6.07) is 0. The van der Waals surface area contributed by atoms with Gasteiger partial charge < -0.3 is 4.90 Å². The number of likely N-dealkylation sites (N-methyl/N-ethyl adjacent to an activating group) is 1. The Balaban J connectivity index is 0.000001000. The molecule has 0 aromatic carbocycles. The van der Waals surface area contributed by atoms with Crippen LogP contribution in [-0.4, -0.2) is 18.0 Å². The van der Waals surface area contributed by atoms with Gasteiger partial charge in [0.05, 0.1) is 0 Å². The summed E-state index contributed by atoms with van der Waals surface area (Å²) in [6.07, 6.45) is 8.25. The summed E-state index contributed by atoms with van der Waals surface area (Å²) in [7, 11) is 0. The van der Waals surface area contributed by atoms with Crippen LogP contribution in [-0.2, 0) is 0 Å². The molecule has 0 fully saturated rings. The van der Waals surface area contributed by atoms with Crippen molar-refractivity contribution in [2.45, 2.75) is 6.92 Å². The van der Waals surface area contributed by atoms with Crippen LogP contribution < -0.4 is 0 Å². The molecule has 62 valence electrons. The van der Waals surface area contributed by atoms with Gasteiger partial charge in [0.15, 0.2) is 0 Å². The molecule has 1 rings (SSSR count).